The van der Waals surface area contributed by atoms with Crippen LogP contribution in [0.4, 0.5) is 10.5 Å². The molecule has 164 valence electrons. The first-order valence-electron chi connectivity index (χ1n) is 10.2. The van der Waals surface area contributed by atoms with Crippen molar-refractivity contribution in [1.82, 2.24) is 5.32 Å². The van der Waals surface area contributed by atoms with Crippen LogP contribution in [-0.2, 0) is 9.53 Å². The normalized spacial score (nSPS) is 11.4. The maximum absolute atomic E-state index is 12.1. The van der Waals surface area contributed by atoms with Gasteiger partial charge in [0, 0.05) is 11.6 Å². The number of carbonyl (C=O) groups excluding carboxylic acids is 2. The number of aromatic carboxylic acids is 1. The number of hydrogen-bond acceptors (Lipinski definition) is 4. The van der Waals surface area contributed by atoms with Gasteiger partial charge in [0.15, 0.2) is 0 Å². The van der Waals surface area contributed by atoms with E-state index in [0.717, 1.165) is 22.3 Å². The van der Waals surface area contributed by atoms with Crippen LogP contribution in [0.3, 0.4) is 0 Å². The predicted octanol–water partition coefficient (Wildman–Crippen LogP) is 3.87. The fourth-order valence-corrected chi connectivity index (χ4v) is 3.78. The van der Waals surface area contributed by atoms with E-state index in [4.69, 9.17) is 9.84 Å². The van der Waals surface area contributed by atoms with Gasteiger partial charge in [-0.2, -0.15) is 0 Å². The highest BCUT2D eigenvalue weighted by atomic mass is 16.5. The largest absolute Gasteiger partial charge is 0.478 e. The molecule has 0 aliphatic heterocycles. The van der Waals surface area contributed by atoms with Crippen LogP contribution in [0.25, 0.3) is 11.1 Å². The van der Waals surface area contributed by atoms with E-state index in [1.54, 1.807) is 6.07 Å². The third-order valence-corrected chi connectivity index (χ3v) is 5.23. The van der Waals surface area contributed by atoms with Crippen LogP contribution in [0, 0.1) is 11.8 Å². The van der Waals surface area contributed by atoms with Gasteiger partial charge in [0.05, 0.1) is 12.1 Å². The molecule has 2 amide bonds. The Labute approximate surface area is 190 Å². The lowest BCUT2D eigenvalue weighted by molar-refractivity contribution is -0.111. The van der Waals surface area contributed by atoms with Crippen LogP contribution in [0.15, 0.2) is 72.8 Å². The Balaban J connectivity index is 1.27. The summed E-state index contributed by atoms with van der Waals surface area (Å²) in [5.74, 6) is 3.13. The minimum Gasteiger partial charge on any atom is -0.478 e. The van der Waals surface area contributed by atoms with Crippen molar-refractivity contribution in [1.29, 1.82) is 0 Å². The Kier molecular flexibility index (Phi) is 6.37. The Hall–Kier alpha value is -4.57. The van der Waals surface area contributed by atoms with Crippen LogP contribution >= 0.6 is 0 Å². The van der Waals surface area contributed by atoms with Gasteiger partial charge in [-0.3, -0.25) is 4.79 Å². The molecule has 1 aliphatic carbocycles. The molecule has 0 aromatic heterocycles. The summed E-state index contributed by atoms with van der Waals surface area (Å²) in [5.41, 5.74) is 4.90. The molecule has 0 radical (unpaired) electrons. The highest BCUT2D eigenvalue weighted by molar-refractivity contribution is 6.04. The SMILES string of the molecule is O=C(C#CCNC(=O)OCC1c2ccccc2-c2ccccc21)Nc1cccc(C(=O)O)c1. The van der Waals surface area contributed by atoms with Crippen molar-refractivity contribution in [2.75, 3.05) is 18.5 Å². The summed E-state index contributed by atoms with van der Waals surface area (Å²) in [6, 6.07) is 21.9. The minimum absolute atomic E-state index is 0.0402. The number of anilines is 1. The molecule has 33 heavy (non-hydrogen) atoms. The summed E-state index contributed by atoms with van der Waals surface area (Å²) in [4.78, 5) is 35.0. The van der Waals surface area contributed by atoms with E-state index >= 15 is 0 Å². The molecule has 4 rings (SSSR count). The van der Waals surface area contributed by atoms with Crippen LogP contribution in [0.2, 0.25) is 0 Å². The maximum Gasteiger partial charge on any atom is 0.407 e. The van der Waals surface area contributed by atoms with E-state index in [1.165, 1.54) is 18.2 Å². The lowest BCUT2D eigenvalue weighted by Crippen LogP contribution is -2.26. The molecule has 0 bridgehead atoms. The van der Waals surface area contributed by atoms with Gasteiger partial charge in [-0.05, 0) is 46.4 Å². The van der Waals surface area contributed by atoms with E-state index in [2.05, 4.69) is 34.6 Å². The van der Waals surface area contributed by atoms with Crippen LogP contribution in [-0.4, -0.2) is 36.2 Å². The number of carboxylic acid groups (broad SMARTS) is 1. The quantitative estimate of drug-likeness (QED) is 0.523. The third-order valence-electron chi connectivity index (χ3n) is 5.23. The molecular formula is C26H20N2O5. The topological polar surface area (TPSA) is 105 Å². The highest BCUT2D eigenvalue weighted by Crippen LogP contribution is 2.44. The van der Waals surface area contributed by atoms with Crippen molar-refractivity contribution in [3.63, 3.8) is 0 Å². The van der Waals surface area contributed by atoms with Crippen molar-refractivity contribution < 1.29 is 24.2 Å². The molecule has 1 aliphatic rings. The fourth-order valence-electron chi connectivity index (χ4n) is 3.78. The van der Waals surface area contributed by atoms with Gasteiger partial charge >= 0.3 is 12.1 Å². The summed E-state index contributed by atoms with van der Waals surface area (Å²) in [5, 5.41) is 14.0. The first kappa shape index (κ1) is 21.7. The molecule has 3 N–H and O–H groups in total. The fraction of sp³-hybridized carbons (Fsp3) is 0.115. The van der Waals surface area contributed by atoms with Crippen molar-refractivity contribution in [3.05, 3.63) is 89.5 Å². The molecular weight excluding hydrogens is 420 g/mol. The molecule has 0 saturated carbocycles. The zero-order valence-electron chi connectivity index (χ0n) is 17.5. The van der Waals surface area contributed by atoms with Gasteiger partial charge in [0.1, 0.15) is 6.61 Å². The van der Waals surface area contributed by atoms with Gasteiger partial charge in [-0.1, -0.05) is 60.5 Å². The maximum atomic E-state index is 12.1. The lowest BCUT2D eigenvalue weighted by atomic mass is 9.98. The number of rotatable bonds is 5. The average molecular weight is 440 g/mol. The van der Waals surface area contributed by atoms with Crippen molar-refractivity contribution in [2.24, 2.45) is 0 Å². The number of nitrogens with one attached hydrogen (secondary N) is 2. The van der Waals surface area contributed by atoms with Gasteiger partial charge in [0.2, 0.25) is 0 Å². The second-order valence-corrected chi connectivity index (χ2v) is 7.32. The molecule has 0 fully saturated rings. The third kappa shape index (κ3) is 5.02. The predicted molar refractivity (Wildman–Crippen MR) is 123 cm³/mol. The number of alkyl carbamates (subject to hydrolysis) is 1. The summed E-state index contributed by atoms with van der Waals surface area (Å²) in [6.45, 7) is 0.118. The molecule has 7 nitrogen and oxygen atoms in total. The Bertz CT molecular complexity index is 1240. The van der Waals surface area contributed by atoms with E-state index in [-0.39, 0.29) is 24.6 Å². The smallest absolute Gasteiger partial charge is 0.407 e. The lowest BCUT2D eigenvalue weighted by Gasteiger charge is -2.14. The van der Waals surface area contributed by atoms with Gasteiger partial charge in [0.25, 0.3) is 5.91 Å². The molecule has 3 aromatic rings. The number of hydrogen-bond donors (Lipinski definition) is 3. The Morgan fingerprint density at radius 3 is 2.24 bits per heavy atom. The molecule has 3 aromatic carbocycles. The van der Waals surface area contributed by atoms with Crippen LogP contribution in [0.1, 0.15) is 27.4 Å². The molecule has 7 heteroatoms. The molecule has 0 atom stereocenters. The first-order valence-corrected chi connectivity index (χ1v) is 10.2. The molecule has 0 heterocycles. The van der Waals surface area contributed by atoms with E-state index < -0.39 is 18.0 Å². The van der Waals surface area contributed by atoms with Crippen LogP contribution < -0.4 is 10.6 Å². The number of ether oxygens (including phenoxy) is 1. The standard InChI is InChI=1S/C26H20N2O5/c29-24(28-18-8-5-7-17(15-18)25(30)31)13-6-14-27-26(32)33-16-23-21-11-3-1-9-19(21)20-10-2-4-12-22(20)23/h1-5,7-12,15,23H,14,16H2,(H,27,32)(H,28,29)(H,30,31). The van der Waals surface area contributed by atoms with E-state index in [1.807, 2.05) is 36.4 Å². The summed E-state index contributed by atoms with van der Waals surface area (Å²) in [6.07, 6.45) is -0.624. The highest BCUT2D eigenvalue weighted by Gasteiger charge is 2.28. The zero-order chi connectivity index (χ0) is 23.2. The summed E-state index contributed by atoms with van der Waals surface area (Å²) >= 11 is 0. The van der Waals surface area contributed by atoms with Crippen LogP contribution in [0.5, 0.6) is 0 Å². The Morgan fingerprint density at radius 2 is 1.58 bits per heavy atom. The summed E-state index contributed by atoms with van der Waals surface area (Å²) in [7, 11) is 0. The van der Waals surface area contributed by atoms with Crippen molar-refractivity contribution in [3.8, 4) is 23.0 Å². The monoisotopic (exact) mass is 440 g/mol. The average Bonchev–Trinajstić information content (AvgIpc) is 3.14. The summed E-state index contributed by atoms with van der Waals surface area (Å²) < 4.78 is 5.40. The second kappa shape index (κ2) is 9.71. The molecule has 0 saturated heterocycles. The van der Waals surface area contributed by atoms with Gasteiger partial charge in [-0.15, -0.1) is 0 Å². The van der Waals surface area contributed by atoms with Gasteiger partial charge < -0.3 is 20.5 Å². The van der Waals surface area contributed by atoms with E-state index in [9.17, 15) is 14.4 Å². The number of fused-ring (bicyclic) bond motifs is 3. The minimum atomic E-state index is -1.09. The second-order valence-electron chi connectivity index (χ2n) is 7.32. The number of carbonyl (C=O) groups is 3. The zero-order valence-corrected chi connectivity index (χ0v) is 17.5. The molecule has 0 spiro atoms. The number of amides is 2. The van der Waals surface area contributed by atoms with Gasteiger partial charge in [-0.25, -0.2) is 9.59 Å². The first-order chi connectivity index (χ1) is 16.0. The molecule has 0 unspecified atom stereocenters. The van der Waals surface area contributed by atoms with E-state index in [0.29, 0.717) is 5.69 Å². The van der Waals surface area contributed by atoms with Crippen molar-refractivity contribution >= 4 is 23.7 Å². The van der Waals surface area contributed by atoms with Crippen molar-refractivity contribution in [2.45, 2.75) is 5.92 Å². The number of carboxylic acids is 1. The number of benzene rings is 3. The Morgan fingerprint density at radius 1 is 0.909 bits per heavy atom.